The Morgan fingerprint density at radius 3 is 2.47 bits per heavy atom. The number of aryl methyl sites for hydroxylation is 1. The maximum atomic E-state index is 13.5. The Kier molecular flexibility index (Phi) is 5.92. The molecule has 0 saturated carbocycles. The molecule has 0 spiro atoms. The summed E-state index contributed by atoms with van der Waals surface area (Å²) in [5, 5.41) is 3.39. The van der Waals surface area contributed by atoms with Crippen molar-refractivity contribution >= 4 is 0 Å². The molecule has 1 rings (SSSR count). The van der Waals surface area contributed by atoms with Crippen LogP contribution < -0.4 is 5.32 Å². The van der Waals surface area contributed by atoms with E-state index in [-0.39, 0.29) is 17.0 Å². The Bertz CT molecular complexity index is 400. The molecule has 0 heterocycles. The molecule has 19 heavy (non-hydrogen) atoms. The lowest BCUT2D eigenvalue weighted by Gasteiger charge is -2.25. The Morgan fingerprint density at radius 2 is 1.84 bits per heavy atom. The number of nitrogens with one attached hydrogen (secondary N) is 1. The van der Waals surface area contributed by atoms with Gasteiger partial charge in [0.15, 0.2) is 0 Å². The van der Waals surface area contributed by atoms with E-state index >= 15 is 0 Å². The van der Waals surface area contributed by atoms with Gasteiger partial charge in [0.05, 0.1) is 0 Å². The summed E-state index contributed by atoms with van der Waals surface area (Å²) in [7, 11) is 0. The van der Waals surface area contributed by atoms with Crippen LogP contribution in [0, 0.1) is 17.0 Å². The lowest BCUT2D eigenvalue weighted by Crippen LogP contribution is -2.28. The first-order valence-corrected chi connectivity index (χ1v) is 6.97. The number of benzene rings is 1. The van der Waals surface area contributed by atoms with E-state index in [0.29, 0.717) is 18.0 Å². The minimum absolute atomic E-state index is 0.126. The standard InChI is InChI=1S/C16H25F2N/c1-12(2)19-10-9-16(3,4)8-7-13-11-14(17)5-6-15(13)18/h5-6,11-12,19H,7-10H2,1-4H3. The second-order valence-electron chi connectivity index (χ2n) is 6.26. The quantitative estimate of drug-likeness (QED) is 0.777. The van der Waals surface area contributed by atoms with E-state index in [2.05, 4.69) is 33.0 Å². The summed E-state index contributed by atoms with van der Waals surface area (Å²) in [5.74, 6) is -0.673. The van der Waals surface area contributed by atoms with Crippen LogP contribution in [0.2, 0.25) is 0 Å². The number of hydrogen-bond donors (Lipinski definition) is 1. The van der Waals surface area contributed by atoms with Crippen LogP contribution in [0.1, 0.15) is 46.1 Å². The van der Waals surface area contributed by atoms with E-state index in [0.717, 1.165) is 25.5 Å². The minimum Gasteiger partial charge on any atom is -0.315 e. The largest absolute Gasteiger partial charge is 0.315 e. The molecule has 0 saturated heterocycles. The van der Waals surface area contributed by atoms with Crippen LogP contribution in [-0.4, -0.2) is 12.6 Å². The van der Waals surface area contributed by atoms with E-state index in [1.807, 2.05) is 0 Å². The minimum atomic E-state index is -0.365. The van der Waals surface area contributed by atoms with Gasteiger partial charge in [-0.05, 0) is 55.0 Å². The Morgan fingerprint density at radius 1 is 1.16 bits per heavy atom. The van der Waals surface area contributed by atoms with Gasteiger partial charge < -0.3 is 5.32 Å². The van der Waals surface area contributed by atoms with Gasteiger partial charge in [0, 0.05) is 6.04 Å². The van der Waals surface area contributed by atoms with Crippen LogP contribution in [0.15, 0.2) is 18.2 Å². The Labute approximate surface area is 115 Å². The second kappa shape index (κ2) is 6.99. The molecule has 0 atom stereocenters. The van der Waals surface area contributed by atoms with E-state index in [1.54, 1.807) is 0 Å². The average Bonchev–Trinajstić information content (AvgIpc) is 2.30. The summed E-state index contributed by atoms with van der Waals surface area (Å²) < 4.78 is 26.6. The highest BCUT2D eigenvalue weighted by molar-refractivity contribution is 5.18. The van der Waals surface area contributed by atoms with Crippen LogP contribution in [0.5, 0.6) is 0 Å². The number of rotatable bonds is 7. The van der Waals surface area contributed by atoms with Gasteiger partial charge in [0.2, 0.25) is 0 Å². The monoisotopic (exact) mass is 269 g/mol. The molecule has 1 aromatic rings. The summed E-state index contributed by atoms with van der Waals surface area (Å²) in [6.45, 7) is 9.54. The highest BCUT2D eigenvalue weighted by Crippen LogP contribution is 2.27. The maximum absolute atomic E-state index is 13.5. The molecule has 0 amide bonds. The molecule has 0 aliphatic heterocycles. The first-order valence-electron chi connectivity index (χ1n) is 6.97. The zero-order chi connectivity index (χ0) is 14.5. The number of hydrogen-bond acceptors (Lipinski definition) is 1. The normalized spacial score (nSPS) is 12.2. The topological polar surface area (TPSA) is 12.0 Å². The summed E-state index contributed by atoms with van der Waals surface area (Å²) in [5.41, 5.74) is 0.602. The van der Waals surface area contributed by atoms with Crippen molar-refractivity contribution in [2.24, 2.45) is 5.41 Å². The van der Waals surface area contributed by atoms with Crippen molar-refractivity contribution in [1.29, 1.82) is 0 Å². The first-order chi connectivity index (χ1) is 8.80. The van der Waals surface area contributed by atoms with Gasteiger partial charge in [-0.15, -0.1) is 0 Å². The summed E-state index contributed by atoms with van der Waals surface area (Å²) in [6.07, 6.45) is 2.47. The molecular formula is C16H25F2N. The molecule has 0 unspecified atom stereocenters. The lowest BCUT2D eigenvalue weighted by atomic mass is 9.83. The Balaban J connectivity index is 2.47. The lowest BCUT2D eigenvalue weighted by molar-refractivity contribution is 0.297. The molecule has 1 aromatic carbocycles. The van der Waals surface area contributed by atoms with Crippen molar-refractivity contribution in [3.05, 3.63) is 35.4 Å². The summed E-state index contributed by atoms with van der Waals surface area (Å²) in [4.78, 5) is 0. The SMILES string of the molecule is CC(C)NCCC(C)(C)CCc1cc(F)ccc1F. The van der Waals surface area contributed by atoms with Crippen LogP contribution in [-0.2, 0) is 6.42 Å². The van der Waals surface area contributed by atoms with Crippen molar-refractivity contribution in [3.63, 3.8) is 0 Å². The maximum Gasteiger partial charge on any atom is 0.126 e. The summed E-state index contributed by atoms with van der Waals surface area (Å²) >= 11 is 0. The molecule has 1 nitrogen and oxygen atoms in total. The predicted octanol–water partition coefficient (Wildman–Crippen LogP) is 4.31. The molecule has 0 fully saturated rings. The molecule has 0 aliphatic carbocycles. The molecule has 0 radical (unpaired) electrons. The van der Waals surface area contributed by atoms with Gasteiger partial charge in [0.1, 0.15) is 11.6 Å². The van der Waals surface area contributed by atoms with Crippen LogP contribution in [0.3, 0.4) is 0 Å². The van der Waals surface area contributed by atoms with Gasteiger partial charge in [-0.3, -0.25) is 0 Å². The average molecular weight is 269 g/mol. The fourth-order valence-electron chi connectivity index (χ4n) is 2.03. The van der Waals surface area contributed by atoms with Crippen molar-refractivity contribution in [2.45, 2.75) is 53.0 Å². The molecule has 0 aliphatic rings. The molecule has 108 valence electrons. The van der Waals surface area contributed by atoms with Crippen molar-refractivity contribution in [2.75, 3.05) is 6.54 Å². The van der Waals surface area contributed by atoms with Gasteiger partial charge in [-0.1, -0.05) is 27.7 Å². The van der Waals surface area contributed by atoms with E-state index in [9.17, 15) is 8.78 Å². The highest BCUT2D eigenvalue weighted by Gasteiger charge is 2.18. The fourth-order valence-corrected chi connectivity index (χ4v) is 2.03. The molecule has 3 heteroatoms. The smallest absolute Gasteiger partial charge is 0.126 e. The van der Waals surface area contributed by atoms with E-state index < -0.39 is 0 Å². The van der Waals surface area contributed by atoms with Gasteiger partial charge in [0.25, 0.3) is 0 Å². The third kappa shape index (κ3) is 6.15. The Hall–Kier alpha value is -0.960. The summed E-state index contributed by atoms with van der Waals surface area (Å²) in [6, 6.07) is 4.16. The van der Waals surface area contributed by atoms with Crippen molar-refractivity contribution < 1.29 is 8.78 Å². The molecule has 0 aromatic heterocycles. The molecular weight excluding hydrogens is 244 g/mol. The van der Waals surface area contributed by atoms with Crippen LogP contribution >= 0.6 is 0 Å². The third-order valence-corrected chi connectivity index (χ3v) is 3.43. The second-order valence-corrected chi connectivity index (χ2v) is 6.26. The van der Waals surface area contributed by atoms with E-state index in [1.165, 1.54) is 12.1 Å². The highest BCUT2D eigenvalue weighted by atomic mass is 19.1. The van der Waals surface area contributed by atoms with Gasteiger partial charge >= 0.3 is 0 Å². The third-order valence-electron chi connectivity index (χ3n) is 3.43. The number of halogens is 2. The molecule has 0 bridgehead atoms. The zero-order valence-electron chi connectivity index (χ0n) is 12.4. The predicted molar refractivity (Wildman–Crippen MR) is 76.2 cm³/mol. The van der Waals surface area contributed by atoms with Crippen molar-refractivity contribution in [3.8, 4) is 0 Å². The van der Waals surface area contributed by atoms with Gasteiger partial charge in [-0.2, -0.15) is 0 Å². The first kappa shape index (κ1) is 16.1. The fraction of sp³-hybridized carbons (Fsp3) is 0.625. The van der Waals surface area contributed by atoms with Gasteiger partial charge in [-0.25, -0.2) is 8.78 Å². The zero-order valence-corrected chi connectivity index (χ0v) is 12.4. The van der Waals surface area contributed by atoms with Crippen LogP contribution in [0.25, 0.3) is 0 Å². The van der Waals surface area contributed by atoms with Crippen molar-refractivity contribution in [1.82, 2.24) is 5.32 Å². The molecule has 1 N–H and O–H groups in total. The van der Waals surface area contributed by atoms with E-state index in [4.69, 9.17) is 0 Å². The van der Waals surface area contributed by atoms with Crippen LogP contribution in [0.4, 0.5) is 8.78 Å².